The number of piperidine rings is 1. The molecule has 0 bridgehead atoms. The van der Waals surface area contributed by atoms with Crippen LogP contribution in [0.2, 0.25) is 0 Å². The van der Waals surface area contributed by atoms with Crippen molar-refractivity contribution < 1.29 is 18.0 Å². The molecule has 0 aromatic heterocycles. The van der Waals surface area contributed by atoms with Crippen LogP contribution in [0.3, 0.4) is 0 Å². The maximum Gasteiger partial charge on any atom is 0.313 e. The normalized spacial score (nSPS) is 14.8. The molecule has 2 aromatic carbocycles. The molecule has 1 aliphatic heterocycles. The van der Waals surface area contributed by atoms with Crippen molar-refractivity contribution in [3.8, 4) is 0 Å². The van der Waals surface area contributed by atoms with Crippen molar-refractivity contribution >= 4 is 27.5 Å². The molecule has 1 heterocycles. The van der Waals surface area contributed by atoms with Gasteiger partial charge in [0, 0.05) is 25.3 Å². The highest BCUT2D eigenvalue weighted by Crippen LogP contribution is 2.21. The lowest BCUT2D eigenvalue weighted by molar-refractivity contribution is -0.136. The molecule has 7 nitrogen and oxygen atoms in total. The molecule has 0 radical (unpaired) electrons. The second kappa shape index (κ2) is 9.86. The highest BCUT2D eigenvalue weighted by atomic mass is 32.2. The van der Waals surface area contributed by atoms with Gasteiger partial charge in [-0.05, 0) is 55.5 Å². The van der Waals surface area contributed by atoms with Crippen LogP contribution < -0.4 is 10.6 Å². The average molecular weight is 430 g/mol. The van der Waals surface area contributed by atoms with Gasteiger partial charge in [-0.1, -0.05) is 36.8 Å². The summed E-state index contributed by atoms with van der Waals surface area (Å²) in [6.07, 6.45) is 3.36. The molecule has 0 spiro atoms. The first-order valence-corrected chi connectivity index (χ1v) is 11.6. The summed E-state index contributed by atoms with van der Waals surface area (Å²) in [5, 5.41) is 5.18. The van der Waals surface area contributed by atoms with Crippen LogP contribution in [0.5, 0.6) is 0 Å². The van der Waals surface area contributed by atoms with E-state index in [4.69, 9.17) is 0 Å². The number of sulfonamides is 1. The van der Waals surface area contributed by atoms with Crippen molar-refractivity contribution in [2.24, 2.45) is 0 Å². The number of para-hydroxylation sites is 1. The van der Waals surface area contributed by atoms with Crippen LogP contribution in [-0.2, 0) is 26.0 Å². The van der Waals surface area contributed by atoms with E-state index in [1.165, 1.54) is 0 Å². The van der Waals surface area contributed by atoms with Gasteiger partial charge in [-0.15, -0.1) is 0 Å². The third-order valence-corrected chi connectivity index (χ3v) is 7.09. The Bertz CT molecular complexity index is 997. The zero-order chi connectivity index (χ0) is 21.6. The van der Waals surface area contributed by atoms with E-state index >= 15 is 0 Å². The number of hydrogen-bond acceptors (Lipinski definition) is 4. The van der Waals surface area contributed by atoms with Gasteiger partial charge in [0.15, 0.2) is 0 Å². The van der Waals surface area contributed by atoms with Crippen molar-refractivity contribution in [2.45, 2.75) is 37.5 Å². The molecular formula is C22H27N3O4S. The summed E-state index contributed by atoms with van der Waals surface area (Å²) in [6.45, 7) is 3.27. The zero-order valence-corrected chi connectivity index (χ0v) is 17.9. The Labute approximate surface area is 177 Å². The maximum atomic E-state index is 12.7. The van der Waals surface area contributed by atoms with Gasteiger partial charge in [-0.3, -0.25) is 9.59 Å². The Morgan fingerprint density at radius 2 is 1.60 bits per heavy atom. The third kappa shape index (κ3) is 5.46. The number of carbonyl (C=O) groups is 2. The average Bonchev–Trinajstić information content (AvgIpc) is 2.76. The minimum atomic E-state index is -3.45. The summed E-state index contributed by atoms with van der Waals surface area (Å²) in [4.78, 5) is 24.3. The number of amides is 2. The Hall–Kier alpha value is -2.71. The van der Waals surface area contributed by atoms with E-state index in [1.807, 2.05) is 19.1 Å². The van der Waals surface area contributed by atoms with Crippen LogP contribution in [-0.4, -0.2) is 44.2 Å². The maximum absolute atomic E-state index is 12.7. The smallest absolute Gasteiger partial charge is 0.313 e. The minimum absolute atomic E-state index is 0.276. The lowest BCUT2D eigenvalue weighted by Gasteiger charge is -2.25. The number of hydrogen-bond donors (Lipinski definition) is 2. The quantitative estimate of drug-likeness (QED) is 0.690. The third-order valence-electron chi connectivity index (χ3n) is 5.17. The van der Waals surface area contributed by atoms with Crippen molar-refractivity contribution in [3.05, 3.63) is 59.7 Å². The first-order chi connectivity index (χ1) is 14.4. The number of carbonyl (C=O) groups excluding carboxylic acids is 2. The number of nitrogens with zero attached hydrogens (tertiary/aromatic N) is 1. The Balaban J connectivity index is 1.49. The van der Waals surface area contributed by atoms with Crippen LogP contribution in [0.4, 0.5) is 5.69 Å². The van der Waals surface area contributed by atoms with Crippen LogP contribution in [0.1, 0.15) is 30.4 Å². The fourth-order valence-corrected chi connectivity index (χ4v) is 4.89. The molecular weight excluding hydrogens is 402 g/mol. The molecule has 0 atom stereocenters. The topological polar surface area (TPSA) is 95.6 Å². The second-order valence-electron chi connectivity index (χ2n) is 7.38. The SMILES string of the molecule is Cc1ccccc1NC(=O)C(=O)NCCc1ccc(S(=O)(=O)N2CCCCC2)cc1. The summed E-state index contributed by atoms with van der Waals surface area (Å²) < 4.78 is 26.9. The number of aryl methyl sites for hydroxylation is 1. The van der Waals surface area contributed by atoms with E-state index in [9.17, 15) is 18.0 Å². The number of nitrogens with one attached hydrogen (secondary N) is 2. The monoisotopic (exact) mass is 429 g/mol. The van der Waals surface area contributed by atoms with Gasteiger partial charge in [0.2, 0.25) is 10.0 Å². The van der Waals surface area contributed by atoms with Crippen molar-refractivity contribution in [3.63, 3.8) is 0 Å². The molecule has 3 rings (SSSR count). The van der Waals surface area contributed by atoms with Gasteiger partial charge in [-0.2, -0.15) is 4.31 Å². The molecule has 2 aromatic rings. The standard InChI is InChI=1S/C22H27N3O4S/c1-17-7-3-4-8-20(17)24-22(27)21(26)23-14-13-18-9-11-19(12-10-18)30(28,29)25-15-5-2-6-16-25/h3-4,7-12H,2,5-6,13-16H2,1H3,(H,23,26)(H,24,27). The largest absolute Gasteiger partial charge is 0.347 e. The predicted octanol–water partition coefficient (Wildman–Crippen LogP) is 2.47. The van der Waals surface area contributed by atoms with Crippen molar-refractivity contribution in [1.29, 1.82) is 0 Å². The van der Waals surface area contributed by atoms with E-state index in [-0.39, 0.29) is 11.4 Å². The van der Waals surface area contributed by atoms with E-state index < -0.39 is 21.8 Å². The van der Waals surface area contributed by atoms with Gasteiger partial charge in [0.05, 0.1) is 4.90 Å². The van der Waals surface area contributed by atoms with Gasteiger partial charge in [0.25, 0.3) is 0 Å². The molecule has 2 amide bonds. The molecule has 1 aliphatic rings. The molecule has 1 fully saturated rings. The second-order valence-corrected chi connectivity index (χ2v) is 9.32. The van der Waals surface area contributed by atoms with Gasteiger partial charge in [-0.25, -0.2) is 8.42 Å². The first-order valence-electron chi connectivity index (χ1n) is 10.1. The fourth-order valence-electron chi connectivity index (χ4n) is 3.38. The van der Waals surface area contributed by atoms with E-state index in [0.717, 1.165) is 30.4 Å². The Morgan fingerprint density at radius 1 is 0.933 bits per heavy atom. The first kappa shape index (κ1) is 22.0. The van der Waals surface area contributed by atoms with Crippen molar-refractivity contribution in [2.75, 3.05) is 25.0 Å². The minimum Gasteiger partial charge on any atom is -0.347 e. The molecule has 1 saturated heterocycles. The highest BCUT2D eigenvalue weighted by molar-refractivity contribution is 7.89. The molecule has 160 valence electrons. The Kier molecular flexibility index (Phi) is 7.23. The molecule has 30 heavy (non-hydrogen) atoms. The van der Waals surface area contributed by atoms with E-state index in [2.05, 4.69) is 10.6 Å². The fraction of sp³-hybridized carbons (Fsp3) is 0.364. The van der Waals surface area contributed by atoms with Crippen LogP contribution in [0, 0.1) is 6.92 Å². The Morgan fingerprint density at radius 3 is 2.27 bits per heavy atom. The molecule has 0 aliphatic carbocycles. The lowest BCUT2D eigenvalue weighted by atomic mass is 10.1. The molecule has 0 saturated carbocycles. The zero-order valence-electron chi connectivity index (χ0n) is 17.1. The number of rotatable bonds is 6. The van der Waals surface area contributed by atoms with Gasteiger partial charge < -0.3 is 10.6 Å². The summed E-state index contributed by atoms with van der Waals surface area (Å²) in [5.74, 6) is -1.42. The van der Waals surface area contributed by atoms with Crippen LogP contribution >= 0.6 is 0 Å². The highest BCUT2D eigenvalue weighted by Gasteiger charge is 2.25. The summed E-state index contributed by atoms with van der Waals surface area (Å²) in [6, 6.07) is 13.9. The lowest BCUT2D eigenvalue weighted by Crippen LogP contribution is -2.36. The molecule has 8 heteroatoms. The van der Waals surface area contributed by atoms with Gasteiger partial charge >= 0.3 is 11.8 Å². The summed E-state index contributed by atoms with van der Waals surface area (Å²) in [7, 11) is -3.45. The summed E-state index contributed by atoms with van der Waals surface area (Å²) in [5.41, 5.74) is 2.36. The van der Waals surface area contributed by atoms with E-state index in [1.54, 1.807) is 40.7 Å². The predicted molar refractivity (Wildman–Crippen MR) is 116 cm³/mol. The van der Waals surface area contributed by atoms with Gasteiger partial charge in [0.1, 0.15) is 0 Å². The van der Waals surface area contributed by atoms with Crippen LogP contribution in [0.15, 0.2) is 53.4 Å². The van der Waals surface area contributed by atoms with Crippen LogP contribution in [0.25, 0.3) is 0 Å². The number of anilines is 1. The summed E-state index contributed by atoms with van der Waals surface area (Å²) >= 11 is 0. The molecule has 2 N–H and O–H groups in total. The number of benzene rings is 2. The molecule has 0 unspecified atom stereocenters. The van der Waals surface area contributed by atoms with E-state index in [0.29, 0.717) is 25.2 Å². The van der Waals surface area contributed by atoms with Crippen molar-refractivity contribution in [1.82, 2.24) is 9.62 Å².